The molecule has 0 unspecified atom stereocenters. The molecule has 0 spiro atoms. The molecule has 146 valence electrons. The number of aliphatic imine (C=N–C) groups is 1. The van der Waals surface area contributed by atoms with Crippen LogP contribution in [-0.4, -0.2) is 79.8 Å². The molecule has 1 fully saturated rings. The highest BCUT2D eigenvalue weighted by Gasteiger charge is 2.20. The Morgan fingerprint density at radius 1 is 1.37 bits per heavy atom. The fourth-order valence-electron chi connectivity index (χ4n) is 2.86. The summed E-state index contributed by atoms with van der Waals surface area (Å²) in [6.07, 6.45) is 1.36. The maximum atomic E-state index is 11.2. The Morgan fingerprint density at radius 2 is 2.15 bits per heavy atom. The largest absolute Gasteiger partial charge is 0.478 e. The minimum absolute atomic E-state index is 0.236. The van der Waals surface area contributed by atoms with Crippen LogP contribution in [0, 0.1) is 11.3 Å². The summed E-state index contributed by atoms with van der Waals surface area (Å²) in [5, 5.41) is 21.2. The van der Waals surface area contributed by atoms with Crippen molar-refractivity contribution in [3.8, 4) is 6.07 Å². The minimum Gasteiger partial charge on any atom is -0.478 e. The molecule has 0 aromatic heterocycles. The number of carboxylic acids is 1. The van der Waals surface area contributed by atoms with Crippen molar-refractivity contribution >= 4 is 17.6 Å². The molecule has 27 heavy (non-hydrogen) atoms. The maximum absolute atomic E-state index is 11.2. The Hall–Kier alpha value is -2.63. The van der Waals surface area contributed by atoms with Gasteiger partial charge in [0, 0.05) is 65.1 Å². The topological polar surface area (TPSA) is 101 Å². The van der Waals surface area contributed by atoms with Gasteiger partial charge >= 0.3 is 5.97 Å². The lowest BCUT2D eigenvalue weighted by Gasteiger charge is -2.36. The van der Waals surface area contributed by atoms with E-state index >= 15 is 0 Å². The SMILES string of the molecule is COCCCN=C(Nc1cccc(C(=O)O)c1)N1CCN(CCC#N)CC1. The molecule has 0 atom stereocenters. The van der Waals surface area contributed by atoms with E-state index in [2.05, 4.69) is 26.2 Å². The van der Waals surface area contributed by atoms with Gasteiger partial charge in [-0.1, -0.05) is 6.07 Å². The highest BCUT2D eigenvalue weighted by Crippen LogP contribution is 2.13. The zero-order valence-electron chi connectivity index (χ0n) is 15.7. The first-order valence-electron chi connectivity index (χ1n) is 9.12. The molecule has 0 saturated carbocycles. The molecule has 0 radical (unpaired) electrons. The number of anilines is 1. The highest BCUT2D eigenvalue weighted by molar-refractivity contribution is 5.95. The lowest BCUT2D eigenvalue weighted by atomic mass is 10.2. The summed E-state index contributed by atoms with van der Waals surface area (Å²) in [6, 6.07) is 8.91. The summed E-state index contributed by atoms with van der Waals surface area (Å²) in [5.74, 6) is -0.211. The molecule has 1 aliphatic heterocycles. The number of piperazine rings is 1. The number of nitriles is 1. The number of hydrogen-bond acceptors (Lipinski definition) is 5. The molecule has 2 rings (SSSR count). The third kappa shape index (κ3) is 6.89. The van der Waals surface area contributed by atoms with Gasteiger partial charge < -0.3 is 20.1 Å². The van der Waals surface area contributed by atoms with Crippen LogP contribution in [-0.2, 0) is 4.74 Å². The van der Waals surface area contributed by atoms with Crippen molar-refractivity contribution < 1.29 is 14.6 Å². The average molecular weight is 373 g/mol. The van der Waals surface area contributed by atoms with Crippen LogP contribution in [0.15, 0.2) is 29.3 Å². The Labute approximate surface area is 160 Å². The van der Waals surface area contributed by atoms with E-state index in [0.29, 0.717) is 25.3 Å². The van der Waals surface area contributed by atoms with E-state index in [9.17, 15) is 9.90 Å². The van der Waals surface area contributed by atoms with Crippen LogP contribution >= 0.6 is 0 Å². The normalized spacial score (nSPS) is 15.4. The van der Waals surface area contributed by atoms with Gasteiger partial charge in [-0.15, -0.1) is 0 Å². The number of aromatic carboxylic acids is 1. The first-order valence-corrected chi connectivity index (χ1v) is 9.12. The monoisotopic (exact) mass is 373 g/mol. The zero-order valence-corrected chi connectivity index (χ0v) is 15.7. The number of carbonyl (C=O) groups is 1. The van der Waals surface area contributed by atoms with E-state index in [1.165, 1.54) is 0 Å². The van der Waals surface area contributed by atoms with Gasteiger partial charge in [0.2, 0.25) is 0 Å². The van der Waals surface area contributed by atoms with Crippen molar-refractivity contribution in [2.45, 2.75) is 12.8 Å². The van der Waals surface area contributed by atoms with Gasteiger partial charge in [0.15, 0.2) is 5.96 Å². The van der Waals surface area contributed by atoms with E-state index in [4.69, 9.17) is 10.00 Å². The predicted octanol–water partition coefficient (Wildman–Crippen LogP) is 1.72. The molecule has 1 aromatic rings. The molecule has 1 heterocycles. The fourth-order valence-corrected chi connectivity index (χ4v) is 2.86. The molecular weight excluding hydrogens is 346 g/mol. The molecule has 0 bridgehead atoms. The molecule has 1 aromatic carbocycles. The molecule has 0 amide bonds. The first-order chi connectivity index (χ1) is 13.1. The number of ether oxygens (including phenoxy) is 1. The summed E-state index contributed by atoms with van der Waals surface area (Å²) < 4.78 is 5.08. The van der Waals surface area contributed by atoms with Crippen molar-refractivity contribution in [2.24, 2.45) is 4.99 Å². The summed E-state index contributed by atoms with van der Waals surface area (Å²) in [5.41, 5.74) is 0.937. The number of nitrogens with one attached hydrogen (secondary N) is 1. The van der Waals surface area contributed by atoms with Crippen LogP contribution in [0.5, 0.6) is 0 Å². The molecule has 8 nitrogen and oxygen atoms in total. The van der Waals surface area contributed by atoms with Crippen molar-refractivity contribution in [1.82, 2.24) is 9.80 Å². The Bertz CT molecular complexity index is 678. The Kier molecular flexibility index (Phi) is 8.55. The number of carboxylic acid groups (broad SMARTS) is 1. The highest BCUT2D eigenvalue weighted by atomic mass is 16.5. The van der Waals surface area contributed by atoms with Crippen molar-refractivity contribution in [1.29, 1.82) is 5.26 Å². The number of hydrogen-bond donors (Lipinski definition) is 2. The minimum atomic E-state index is -0.955. The summed E-state index contributed by atoms with van der Waals surface area (Å²) in [7, 11) is 1.67. The van der Waals surface area contributed by atoms with E-state index in [-0.39, 0.29) is 5.56 Å². The van der Waals surface area contributed by atoms with Crippen LogP contribution in [0.25, 0.3) is 0 Å². The number of benzene rings is 1. The average Bonchev–Trinajstić information content (AvgIpc) is 2.69. The molecular formula is C19H27N5O3. The predicted molar refractivity (Wildman–Crippen MR) is 104 cm³/mol. The van der Waals surface area contributed by atoms with Gasteiger partial charge in [0.1, 0.15) is 0 Å². The summed E-state index contributed by atoms with van der Waals surface area (Å²) >= 11 is 0. The van der Waals surface area contributed by atoms with Crippen molar-refractivity contribution in [2.75, 3.05) is 58.3 Å². The Balaban J connectivity index is 2.04. The van der Waals surface area contributed by atoms with Crippen LogP contribution in [0.2, 0.25) is 0 Å². The van der Waals surface area contributed by atoms with E-state index in [0.717, 1.165) is 45.1 Å². The molecule has 8 heteroatoms. The van der Waals surface area contributed by atoms with Gasteiger partial charge in [0.05, 0.1) is 11.6 Å². The third-order valence-corrected chi connectivity index (χ3v) is 4.35. The lowest BCUT2D eigenvalue weighted by molar-refractivity contribution is 0.0697. The van der Waals surface area contributed by atoms with E-state index in [1.807, 2.05) is 6.07 Å². The van der Waals surface area contributed by atoms with Crippen molar-refractivity contribution in [3.05, 3.63) is 29.8 Å². The van der Waals surface area contributed by atoms with E-state index < -0.39 is 5.97 Å². The van der Waals surface area contributed by atoms with Crippen LogP contribution in [0.3, 0.4) is 0 Å². The zero-order chi connectivity index (χ0) is 19.5. The number of nitrogens with zero attached hydrogens (tertiary/aromatic N) is 4. The lowest BCUT2D eigenvalue weighted by Crippen LogP contribution is -2.50. The Morgan fingerprint density at radius 3 is 2.81 bits per heavy atom. The van der Waals surface area contributed by atoms with Crippen molar-refractivity contribution in [3.63, 3.8) is 0 Å². The van der Waals surface area contributed by atoms with Gasteiger partial charge in [-0.05, 0) is 24.6 Å². The van der Waals surface area contributed by atoms with Gasteiger partial charge in [-0.25, -0.2) is 4.79 Å². The van der Waals surface area contributed by atoms with Gasteiger partial charge in [-0.3, -0.25) is 9.89 Å². The number of guanidine groups is 1. The second kappa shape index (κ2) is 11.2. The second-order valence-corrected chi connectivity index (χ2v) is 6.30. The van der Waals surface area contributed by atoms with E-state index in [1.54, 1.807) is 25.3 Å². The molecule has 1 saturated heterocycles. The van der Waals surface area contributed by atoms with Crippen LogP contribution in [0.1, 0.15) is 23.2 Å². The first kappa shape index (κ1) is 20.7. The molecule has 1 aliphatic rings. The quantitative estimate of drug-likeness (QED) is 0.406. The standard InChI is InChI=1S/C19H27N5O3/c1-27-14-4-8-21-19(22-17-6-2-5-16(15-17)18(25)26)24-12-10-23(11-13-24)9-3-7-20/h2,5-6,15H,3-4,8-14H2,1H3,(H,21,22)(H,25,26). The maximum Gasteiger partial charge on any atom is 0.335 e. The summed E-state index contributed by atoms with van der Waals surface area (Å²) in [4.78, 5) is 20.3. The third-order valence-electron chi connectivity index (χ3n) is 4.35. The smallest absolute Gasteiger partial charge is 0.335 e. The van der Waals surface area contributed by atoms with Gasteiger partial charge in [-0.2, -0.15) is 5.26 Å². The molecule has 2 N–H and O–H groups in total. The second-order valence-electron chi connectivity index (χ2n) is 6.30. The number of rotatable bonds is 8. The number of methoxy groups -OCH3 is 1. The summed E-state index contributed by atoms with van der Waals surface area (Å²) in [6.45, 7) is 5.42. The fraction of sp³-hybridized carbons (Fsp3) is 0.526. The van der Waals surface area contributed by atoms with Crippen LogP contribution < -0.4 is 5.32 Å². The van der Waals surface area contributed by atoms with Gasteiger partial charge in [0.25, 0.3) is 0 Å². The van der Waals surface area contributed by atoms with Crippen LogP contribution in [0.4, 0.5) is 5.69 Å². The molecule has 0 aliphatic carbocycles.